The fourth-order valence-electron chi connectivity index (χ4n) is 3.70. The Morgan fingerprint density at radius 1 is 1.09 bits per heavy atom. The number of piperazine rings is 1. The first-order valence-electron chi connectivity index (χ1n) is 10.1. The van der Waals surface area contributed by atoms with Crippen LogP contribution in [-0.4, -0.2) is 53.1 Å². The van der Waals surface area contributed by atoms with Gasteiger partial charge >= 0.3 is 6.18 Å². The summed E-state index contributed by atoms with van der Waals surface area (Å²) >= 11 is 6.08. The van der Waals surface area contributed by atoms with Gasteiger partial charge in [0, 0.05) is 31.9 Å². The number of nitrogen functional groups attached to an aromatic ring is 1. The number of halogens is 4. The van der Waals surface area contributed by atoms with Crippen molar-refractivity contribution in [2.75, 3.05) is 49.2 Å². The zero-order chi connectivity index (χ0) is 23.0. The molecule has 1 fully saturated rings. The van der Waals surface area contributed by atoms with E-state index in [0.717, 1.165) is 44.0 Å². The van der Waals surface area contributed by atoms with E-state index in [1.807, 2.05) is 6.07 Å². The molecule has 0 aliphatic carbocycles. The molecule has 3 heterocycles. The minimum atomic E-state index is -4.49. The molecule has 1 aromatic carbocycles. The van der Waals surface area contributed by atoms with Gasteiger partial charge in [-0.15, -0.1) is 0 Å². The number of pyridine rings is 1. The Kier molecular flexibility index (Phi) is 6.00. The van der Waals surface area contributed by atoms with Gasteiger partial charge in [0.1, 0.15) is 5.82 Å². The molecule has 11 heteroatoms. The number of alkyl halides is 3. The standard InChI is InChI=1S/C21H23ClF3N7/c1-12(13-7-14(21(23,24)25)9-15(26)8-13)28-19-17-10-16(32-5-3-31(2)4-6-32)11-27-18(17)29-20(22)30-19/h7-12H,3-6,26H2,1-2H3,(H,27,28,29,30)/t12-/m1/s1. The van der Waals surface area contributed by atoms with Crippen LogP contribution in [0.3, 0.4) is 0 Å². The van der Waals surface area contributed by atoms with Gasteiger partial charge in [0.25, 0.3) is 0 Å². The van der Waals surface area contributed by atoms with Gasteiger partial charge in [-0.3, -0.25) is 0 Å². The molecule has 1 atom stereocenters. The van der Waals surface area contributed by atoms with Crippen LogP contribution in [-0.2, 0) is 6.18 Å². The maximum absolute atomic E-state index is 13.2. The highest BCUT2D eigenvalue weighted by Gasteiger charge is 2.31. The first-order chi connectivity index (χ1) is 15.1. The number of nitrogens with one attached hydrogen (secondary N) is 1. The molecule has 4 rings (SSSR count). The number of nitrogens with zero attached hydrogens (tertiary/aromatic N) is 5. The first kappa shape index (κ1) is 22.3. The molecule has 0 bridgehead atoms. The highest BCUT2D eigenvalue weighted by atomic mass is 35.5. The lowest BCUT2D eigenvalue weighted by Crippen LogP contribution is -2.44. The molecule has 0 saturated carbocycles. The van der Waals surface area contributed by atoms with Gasteiger partial charge in [-0.1, -0.05) is 0 Å². The van der Waals surface area contributed by atoms with Crippen molar-refractivity contribution < 1.29 is 13.2 Å². The van der Waals surface area contributed by atoms with E-state index in [-0.39, 0.29) is 11.0 Å². The van der Waals surface area contributed by atoms with E-state index in [2.05, 4.69) is 37.1 Å². The summed E-state index contributed by atoms with van der Waals surface area (Å²) in [4.78, 5) is 17.4. The third kappa shape index (κ3) is 4.81. The second-order valence-electron chi connectivity index (χ2n) is 7.95. The number of fused-ring (bicyclic) bond motifs is 1. The molecular weight excluding hydrogens is 443 g/mol. The molecule has 0 radical (unpaired) electrons. The van der Waals surface area contributed by atoms with Crippen LogP contribution in [0.15, 0.2) is 30.5 Å². The van der Waals surface area contributed by atoms with Crippen molar-refractivity contribution in [3.8, 4) is 0 Å². The molecule has 1 saturated heterocycles. The Labute approximate surface area is 188 Å². The van der Waals surface area contributed by atoms with Gasteiger partial charge in [0.2, 0.25) is 5.28 Å². The number of anilines is 3. The minimum absolute atomic E-state index is 0.00407. The van der Waals surface area contributed by atoms with Crippen molar-refractivity contribution in [2.24, 2.45) is 0 Å². The molecular formula is C21H23ClF3N7. The fraction of sp³-hybridized carbons (Fsp3) is 0.381. The van der Waals surface area contributed by atoms with Gasteiger partial charge in [0.15, 0.2) is 5.65 Å². The van der Waals surface area contributed by atoms with Crippen molar-refractivity contribution in [2.45, 2.75) is 19.1 Å². The average Bonchev–Trinajstić information content (AvgIpc) is 2.73. The molecule has 3 N–H and O–H groups in total. The lowest BCUT2D eigenvalue weighted by atomic mass is 10.0. The van der Waals surface area contributed by atoms with Crippen LogP contribution in [0.25, 0.3) is 11.0 Å². The van der Waals surface area contributed by atoms with Crippen molar-refractivity contribution >= 4 is 39.8 Å². The molecule has 7 nitrogen and oxygen atoms in total. The zero-order valence-corrected chi connectivity index (χ0v) is 18.4. The summed E-state index contributed by atoms with van der Waals surface area (Å²) in [5.74, 6) is 0.395. The van der Waals surface area contributed by atoms with Gasteiger partial charge in [-0.2, -0.15) is 18.2 Å². The number of likely N-dealkylation sites (N-methyl/N-ethyl adjacent to an activating group) is 1. The van der Waals surface area contributed by atoms with Gasteiger partial charge in [0.05, 0.1) is 28.9 Å². The largest absolute Gasteiger partial charge is 0.416 e. The second kappa shape index (κ2) is 8.59. The highest BCUT2D eigenvalue weighted by Crippen LogP contribution is 2.34. The van der Waals surface area contributed by atoms with Crippen LogP contribution in [0.5, 0.6) is 0 Å². The molecule has 32 heavy (non-hydrogen) atoms. The van der Waals surface area contributed by atoms with E-state index in [9.17, 15) is 13.2 Å². The highest BCUT2D eigenvalue weighted by molar-refractivity contribution is 6.28. The number of benzene rings is 1. The summed E-state index contributed by atoms with van der Waals surface area (Å²) in [6, 6.07) is 4.90. The third-order valence-corrected chi connectivity index (χ3v) is 5.71. The smallest absolute Gasteiger partial charge is 0.399 e. The molecule has 170 valence electrons. The van der Waals surface area contributed by atoms with E-state index in [1.165, 1.54) is 6.07 Å². The first-order valence-corrected chi connectivity index (χ1v) is 10.5. The number of rotatable bonds is 4. The van der Waals surface area contributed by atoms with Crippen LogP contribution in [0, 0.1) is 0 Å². The Balaban J connectivity index is 1.68. The lowest BCUT2D eigenvalue weighted by molar-refractivity contribution is -0.137. The molecule has 0 unspecified atom stereocenters. The molecule has 0 amide bonds. The van der Waals surface area contributed by atoms with Crippen LogP contribution >= 0.6 is 11.6 Å². The summed E-state index contributed by atoms with van der Waals surface area (Å²) in [7, 11) is 2.08. The molecule has 1 aliphatic heterocycles. The topological polar surface area (TPSA) is 83.2 Å². The Hall–Kier alpha value is -2.85. The number of aromatic nitrogens is 3. The number of nitrogens with two attached hydrogens (primary N) is 1. The summed E-state index contributed by atoms with van der Waals surface area (Å²) in [5.41, 5.74) is 6.66. The average molecular weight is 466 g/mol. The van der Waals surface area contributed by atoms with E-state index < -0.39 is 17.8 Å². The zero-order valence-electron chi connectivity index (χ0n) is 17.6. The van der Waals surface area contributed by atoms with Gasteiger partial charge < -0.3 is 20.9 Å². The van der Waals surface area contributed by atoms with Crippen LogP contribution in [0.1, 0.15) is 24.1 Å². The SMILES string of the molecule is C[C@@H](Nc1nc(Cl)nc2ncc(N3CCN(C)CC3)cc12)c1cc(N)cc(C(F)(F)F)c1. The maximum Gasteiger partial charge on any atom is 0.416 e. The maximum atomic E-state index is 13.2. The summed E-state index contributed by atoms with van der Waals surface area (Å²) < 4.78 is 39.6. The minimum Gasteiger partial charge on any atom is -0.399 e. The molecule has 3 aromatic rings. The molecule has 0 spiro atoms. The van der Waals surface area contributed by atoms with E-state index in [0.29, 0.717) is 22.4 Å². The van der Waals surface area contributed by atoms with Crippen molar-refractivity contribution in [3.05, 3.63) is 46.9 Å². The summed E-state index contributed by atoms with van der Waals surface area (Å²) in [6.45, 7) is 5.33. The molecule has 1 aliphatic rings. The predicted molar refractivity (Wildman–Crippen MR) is 120 cm³/mol. The monoisotopic (exact) mass is 465 g/mol. The summed E-state index contributed by atoms with van der Waals surface area (Å²) in [6.07, 6.45) is -2.74. The fourth-order valence-corrected chi connectivity index (χ4v) is 3.87. The number of hydrogen-bond acceptors (Lipinski definition) is 7. The van der Waals surface area contributed by atoms with Crippen molar-refractivity contribution in [3.63, 3.8) is 0 Å². The van der Waals surface area contributed by atoms with Gasteiger partial charge in [-0.05, 0) is 55.4 Å². The number of hydrogen-bond donors (Lipinski definition) is 2. The molecule has 2 aromatic heterocycles. The normalized spacial score (nSPS) is 16.4. The van der Waals surface area contributed by atoms with Crippen LogP contribution in [0.2, 0.25) is 5.28 Å². The van der Waals surface area contributed by atoms with E-state index >= 15 is 0 Å². The van der Waals surface area contributed by atoms with Gasteiger partial charge in [-0.25, -0.2) is 9.97 Å². The predicted octanol–water partition coefficient (Wildman–Crippen LogP) is 4.20. The van der Waals surface area contributed by atoms with Crippen LogP contribution in [0.4, 0.5) is 30.4 Å². The van der Waals surface area contributed by atoms with Crippen molar-refractivity contribution in [1.82, 2.24) is 19.9 Å². The van der Waals surface area contributed by atoms with E-state index in [1.54, 1.807) is 13.1 Å². The second-order valence-corrected chi connectivity index (χ2v) is 8.29. The Morgan fingerprint density at radius 3 is 2.50 bits per heavy atom. The lowest BCUT2D eigenvalue weighted by Gasteiger charge is -2.33. The Morgan fingerprint density at radius 2 is 1.81 bits per heavy atom. The quantitative estimate of drug-likeness (QED) is 0.441. The van der Waals surface area contributed by atoms with Crippen LogP contribution < -0.4 is 16.0 Å². The van der Waals surface area contributed by atoms with E-state index in [4.69, 9.17) is 17.3 Å². The third-order valence-electron chi connectivity index (χ3n) is 5.54. The Bertz CT molecular complexity index is 1130. The van der Waals surface area contributed by atoms with Crippen molar-refractivity contribution in [1.29, 1.82) is 0 Å². The summed E-state index contributed by atoms with van der Waals surface area (Å²) in [5, 5.41) is 3.79.